The third-order valence-electron chi connectivity index (χ3n) is 6.55. The topological polar surface area (TPSA) is 112 Å². The van der Waals surface area contributed by atoms with Crippen molar-refractivity contribution in [3.05, 3.63) is 109 Å². The number of hydrogen-bond acceptors (Lipinski definition) is 5. The summed E-state index contributed by atoms with van der Waals surface area (Å²) in [7, 11) is 0. The van der Waals surface area contributed by atoms with Crippen LogP contribution in [-0.2, 0) is 0 Å². The number of nitrogens with one attached hydrogen (secondary N) is 3. The van der Waals surface area contributed by atoms with E-state index in [1.54, 1.807) is 43.2 Å². The maximum Gasteiger partial charge on any atom is 0.255 e. The van der Waals surface area contributed by atoms with E-state index in [2.05, 4.69) is 42.6 Å². The van der Waals surface area contributed by atoms with Crippen molar-refractivity contribution in [2.45, 2.75) is 0 Å². The number of benzene rings is 2. The van der Waals surface area contributed by atoms with Gasteiger partial charge in [-0.25, -0.2) is 4.98 Å². The van der Waals surface area contributed by atoms with Crippen molar-refractivity contribution in [3.8, 4) is 33.6 Å². The van der Waals surface area contributed by atoms with E-state index < -0.39 is 0 Å². The molecule has 7 rings (SSSR count). The first-order valence-electron chi connectivity index (χ1n) is 12.0. The molecular formula is C30H20N6O2. The van der Waals surface area contributed by atoms with E-state index in [1.165, 1.54) is 0 Å². The maximum absolute atomic E-state index is 12.6. The Bertz CT molecular complexity index is 1920. The van der Waals surface area contributed by atoms with Crippen LogP contribution < -0.4 is 5.32 Å². The van der Waals surface area contributed by atoms with Gasteiger partial charge in [0.05, 0.1) is 35.6 Å². The summed E-state index contributed by atoms with van der Waals surface area (Å²) < 4.78 is 5.29. The van der Waals surface area contributed by atoms with Gasteiger partial charge in [-0.3, -0.25) is 14.9 Å². The Balaban J connectivity index is 1.25. The van der Waals surface area contributed by atoms with Gasteiger partial charge in [0, 0.05) is 39.9 Å². The zero-order chi connectivity index (χ0) is 25.5. The SMILES string of the molecule is O=C(Nc1cncc(-c2ccc3[nH]nc(-c4cc5c(-c6ccoc6)ccnc5[nH]4)c3c2)c1)c1ccccc1. The highest BCUT2D eigenvalue weighted by Gasteiger charge is 2.15. The molecular weight excluding hydrogens is 476 g/mol. The van der Waals surface area contributed by atoms with Gasteiger partial charge in [0.15, 0.2) is 0 Å². The molecule has 0 saturated carbocycles. The van der Waals surface area contributed by atoms with Crippen molar-refractivity contribution in [1.82, 2.24) is 25.1 Å². The summed E-state index contributed by atoms with van der Waals surface area (Å²) in [6.45, 7) is 0. The van der Waals surface area contributed by atoms with Crippen molar-refractivity contribution in [2.24, 2.45) is 0 Å². The number of carbonyl (C=O) groups is 1. The van der Waals surface area contributed by atoms with Gasteiger partial charge < -0.3 is 14.7 Å². The molecule has 3 N–H and O–H groups in total. The van der Waals surface area contributed by atoms with E-state index in [9.17, 15) is 4.79 Å². The highest BCUT2D eigenvalue weighted by Crippen LogP contribution is 2.35. The fraction of sp³-hybridized carbons (Fsp3) is 0. The molecule has 7 aromatic rings. The standard InChI is InChI=1S/C30H20N6O2/c37-30(18-4-2-1-3-5-18)33-22-12-21(15-31-16-22)19-6-7-26-25(13-19)28(36-35-26)27-14-24-23(20-9-11-38-17-20)8-10-32-29(24)34-27/h1-17H,(H,32,34)(H,33,37)(H,35,36). The number of aromatic amines is 2. The zero-order valence-corrected chi connectivity index (χ0v) is 20.0. The van der Waals surface area contributed by atoms with Crippen LogP contribution in [0.3, 0.4) is 0 Å². The Morgan fingerprint density at radius 2 is 1.79 bits per heavy atom. The smallest absolute Gasteiger partial charge is 0.255 e. The van der Waals surface area contributed by atoms with E-state index >= 15 is 0 Å². The van der Waals surface area contributed by atoms with Crippen molar-refractivity contribution < 1.29 is 9.21 Å². The lowest BCUT2D eigenvalue weighted by Gasteiger charge is -2.08. The molecule has 8 nitrogen and oxygen atoms in total. The predicted molar refractivity (Wildman–Crippen MR) is 147 cm³/mol. The zero-order valence-electron chi connectivity index (χ0n) is 20.0. The number of nitrogens with zero attached hydrogens (tertiary/aromatic N) is 3. The number of anilines is 1. The fourth-order valence-corrected chi connectivity index (χ4v) is 4.68. The second kappa shape index (κ2) is 8.86. The van der Waals surface area contributed by atoms with E-state index in [0.717, 1.165) is 55.6 Å². The lowest BCUT2D eigenvalue weighted by molar-refractivity contribution is 0.102. The Morgan fingerprint density at radius 3 is 2.66 bits per heavy atom. The summed E-state index contributed by atoms with van der Waals surface area (Å²) in [5, 5.41) is 12.6. The van der Waals surface area contributed by atoms with Crippen LogP contribution in [0.5, 0.6) is 0 Å². The summed E-state index contributed by atoms with van der Waals surface area (Å²) in [4.78, 5) is 24.9. The normalized spacial score (nSPS) is 11.3. The second-order valence-corrected chi connectivity index (χ2v) is 8.93. The average Bonchev–Trinajstić information content (AvgIpc) is 3.73. The number of fused-ring (bicyclic) bond motifs is 2. The minimum Gasteiger partial charge on any atom is -0.472 e. The fourth-order valence-electron chi connectivity index (χ4n) is 4.68. The Hall–Kier alpha value is -5.50. The first kappa shape index (κ1) is 21.8. The number of amides is 1. The number of carbonyl (C=O) groups excluding carboxylic acids is 1. The molecule has 5 heterocycles. The van der Waals surface area contributed by atoms with Crippen molar-refractivity contribution in [1.29, 1.82) is 0 Å². The first-order valence-corrected chi connectivity index (χ1v) is 12.0. The van der Waals surface area contributed by atoms with Gasteiger partial charge in [-0.15, -0.1) is 0 Å². The number of pyridine rings is 2. The molecule has 38 heavy (non-hydrogen) atoms. The summed E-state index contributed by atoms with van der Waals surface area (Å²) in [6.07, 6.45) is 8.59. The van der Waals surface area contributed by atoms with Gasteiger partial charge in [0.25, 0.3) is 5.91 Å². The van der Waals surface area contributed by atoms with E-state index in [0.29, 0.717) is 11.3 Å². The Kier molecular flexibility index (Phi) is 5.07. The van der Waals surface area contributed by atoms with Gasteiger partial charge in [-0.05, 0) is 59.7 Å². The summed E-state index contributed by atoms with van der Waals surface area (Å²) >= 11 is 0. The molecule has 0 atom stereocenters. The number of rotatable bonds is 5. The number of hydrogen-bond donors (Lipinski definition) is 3. The van der Waals surface area contributed by atoms with Gasteiger partial charge in [-0.1, -0.05) is 24.3 Å². The number of furan rings is 1. The molecule has 1 amide bonds. The molecule has 2 aromatic carbocycles. The molecule has 0 spiro atoms. The minimum absolute atomic E-state index is 0.181. The maximum atomic E-state index is 12.6. The van der Waals surface area contributed by atoms with Gasteiger partial charge >= 0.3 is 0 Å². The first-order chi connectivity index (χ1) is 18.7. The molecule has 182 valence electrons. The number of aromatic nitrogens is 5. The monoisotopic (exact) mass is 496 g/mol. The summed E-state index contributed by atoms with van der Waals surface area (Å²) in [5.74, 6) is -0.181. The molecule has 0 unspecified atom stereocenters. The predicted octanol–water partition coefficient (Wildman–Crippen LogP) is 6.68. The Morgan fingerprint density at radius 1 is 0.868 bits per heavy atom. The molecule has 0 radical (unpaired) electrons. The van der Waals surface area contributed by atoms with Crippen LogP contribution in [0.25, 0.3) is 55.6 Å². The van der Waals surface area contributed by atoms with Crippen LogP contribution >= 0.6 is 0 Å². The Labute approximate surface area is 216 Å². The second-order valence-electron chi connectivity index (χ2n) is 8.93. The summed E-state index contributed by atoms with van der Waals surface area (Å²) in [6, 6.07) is 23.1. The van der Waals surface area contributed by atoms with E-state index in [4.69, 9.17) is 4.42 Å². The number of H-pyrrole nitrogens is 2. The molecule has 0 bridgehead atoms. The molecule has 0 fully saturated rings. The van der Waals surface area contributed by atoms with Crippen LogP contribution in [0.1, 0.15) is 10.4 Å². The van der Waals surface area contributed by atoms with E-state index in [1.807, 2.05) is 48.5 Å². The molecule has 8 heteroatoms. The van der Waals surface area contributed by atoms with Crippen LogP contribution in [0.2, 0.25) is 0 Å². The van der Waals surface area contributed by atoms with Crippen LogP contribution in [0, 0.1) is 0 Å². The highest BCUT2D eigenvalue weighted by atomic mass is 16.3. The van der Waals surface area contributed by atoms with Crippen LogP contribution in [0.15, 0.2) is 108 Å². The molecule has 0 aliphatic rings. The molecule has 0 saturated heterocycles. The largest absolute Gasteiger partial charge is 0.472 e. The third kappa shape index (κ3) is 3.81. The van der Waals surface area contributed by atoms with Crippen molar-refractivity contribution in [3.63, 3.8) is 0 Å². The van der Waals surface area contributed by atoms with Crippen molar-refractivity contribution in [2.75, 3.05) is 5.32 Å². The van der Waals surface area contributed by atoms with Crippen molar-refractivity contribution >= 4 is 33.5 Å². The van der Waals surface area contributed by atoms with Crippen LogP contribution in [-0.4, -0.2) is 31.1 Å². The van der Waals surface area contributed by atoms with Gasteiger partial charge in [0.2, 0.25) is 0 Å². The molecule has 0 aliphatic heterocycles. The quantitative estimate of drug-likeness (QED) is 0.246. The van der Waals surface area contributed by atoms with Gasteiger partial charge in [-0.2, -0.15) is 5.10 Å². The minimum atomic E-state index is -0.181. The third-order valence-corrected chi connectivity index (χ3v) is 6.55. The highest BCUT2D eigenvalue weighted by molar-refractivity contribution is 6.04. The lowest BCUT2D eigenvalue weighted by atomic mass is 10.0. The van der Waals surface area contributed by atoms with Crippen LogP contribution in [0.4, 0.5) is 5.69 Å². The summed E-state index contributed by atoms with van der Waals surface area (Å²) in [5.41, 5.74) is 8.40. The average molecular weight is 497 g/mol. The lowest BCUT2D eigenvalue weighted by Crippen LogP contribution is -2.11. The van der Waals surface area contributed by atoms with E-state index in [-0.39, 0.29) is 5.91 Å². The molecule has 0 aliphatic carbocycles. The molecule has 5 aromatic heterocycles. The van der Waals surface area contributed by atoms with Gasteiger partial charge in [0.1, 0.15) is 11.3 Å².